The Morgan fingerprint density at radius 1 is 0.875 bits per heavy atom. The number of rotatable bonds is 7. The predicted molar refractivity (Wildman–Crippen MR) is 131 cm³/mol. The minimum atomic E-state index is -0.585. The van der Waals surface area contributed by atoms with E-state index in [-0.39, 0.29) is 38.9 Å². The average molecular weight is 457 g/mol. The van der Waals surface area contributed by atoms with E-state index in [1.807, 2.05) is 0 Å². The number of carbonyl (C=O) groups is 2. The molecule has 7 unspecified atom stereocenters. The third-order valence-corrected chi connectivity index (χ3v) is 7.19. The monoisotopic (exact) mass is 456 g/mol. The lowest BCUT2D eigenvalue weighted by Crippen LogP contribution is -2.30. The summed E-state index contributed by atoms with van der Waals surface area (Å²) in [6, 6.07) is 0. The maximum absolute atomic E-state index is 12.2. The van der Waals surface area contributed by atoms with Gasteiger partial charge in [-0.25, -0.2) is 0 Å². The second kappa shape index (κ2) is 15.7. The lowest BCUT2D eigenvalue weighted by Gasteiger charge is -2.25. The highest BCUT2D eigenvalue weighted by molar-refractivity contribution is 5.73. The summed E-state index contributed by atoms with van der Waals surface area (Å²) in [6.07, 6.45) is 11.5. The van der Waals surface area contributed by atoms with Gasteiger partial charge in [0.2, 0.25) is 6.29 Å². The normalized spacial score (nSPS) is 33.8. The fraction of sp³-hybridized carbons (Fsp3) is 0.926. The summed E-state index contributed by atoms with van der Waals surface area (Å²) >= 11 is 0. The van der Waals surface area contributed by atoms with Crippen molar-refractivity contribution in [1.82, 2.24) is 0 Å². The van der Waals surface area contributed by atoms with Crippen LogP contribution in [0.4, 0.5) is 0 Å². The zero-order chi connectivity index (χ0) is 22.1. The lowest BCUT2D eigenvalue weighted by atomic mass is 9.92. The molecule has 1 saturated heterocycles. The Morgan fingerprint density at radius 2 is 1.41 bits per heavy atom. The summed E-state index contributed by atoms with van der Waals surface area (Å²) in [7, 11) is 0. The van der Waals surface area contributed by atoms with E-state index in [1.165, 1.54) is 6.42 Å². The van der Waals surface area contributed by atoms with Crippen molar-refractivity contribution < 1.29 is 24.2 Å². The molecule has 0 bridgehead atoms. The molecule has 1 aliphatic heterocycles. The number of carbonyl (C=O) groups excluding carboxylic acids is 1. The molecular weight excluding hydrogens is 404 g/mol. The van der Waals surface area contributed by atoms with Gasteiger partial charge in [-0.2, -0.15) is 0 Å². The Hall–Kier alpha value is -1.10. The smallest absolute Gasteiger partial charge is 0.311 e. The first-order chi connectivity index (χ1) is 14.3. The molecule has 1 heterocycles. The molecule has 2 saturated carbocycles. The molecule has 0 spiro atoms. The Morgan fingerprint density at radius 3 is 1.88 bits per heavy atom. The van der Waals surface area contributed by atoms with Gasteiger partial charge in [-0.05, 0) is 75.0 Å². The predicted octanol–water partition coefficient (Wildman–Crippen LogP) is 7.32. The molecule has 0 amide bonds. The second-order valence-electron chi connectivity index (χ2n) is 10.0. The summed E-state index contributed by atoms with van der Waals surface area (Å²) < 4.78 is 11.0. The number of ether oxygens (including phenoxy) is 2. The maximum Gasteiger partial charge on any atom is 0.311 e. The van der Waals surface area contributed by atoms with Gasteiger partial charge in [-0.1, -0.05) is 55.4 Å². The van der Waals surface area contributed by atoms with E-state index >= 15 is 0 Å². The topological polar surface area (TPSA) is 72.8 Å². The molecule has 1 N–H and O–H groups in total. The Kier molecular flexibility index (Phi) is 15.1. The zero-order valence-electron chi connectivity index (χ0n) is 19.6. The minimum absolute atomic E-state index is 0. The van der Waals surface area contributed by atoms with Crippen molar-refractivity contribution in [3.8, 4) is 0 Å². The molecule has 0 aromatic carbocycles. The quantitative estimate of drug-likeness (QED) is 0.406. The maximum atomic E-state index is 12.2. The average Bonchev–Trinajstić information content (AvgIpc) is 3.26. The van der Waals surface area contributed by atoms with Crippen LogP contribution in [0.15, 0.2) is 0 Å². The van der Waals surface area contributed by atoms with Gasteiger partial charge in [0.25, 0.3) is 0 Å². The van der Waals surface area contributed by atoms with Crippen molar-refractivity contribution in [1.29, 1.82) is 0 Å². The van der Waals surface area contributed by atoms with E-state index < -0.39 is 5.97 Å². The van der Waals surface area contributed by atoms with Gasteiger partial charge >= 0.3 is 11.9 Å². The summed E-state index contributed by atoms with van der Waals surface area (Å²) in [6.45, 7) is 9.45. The van der Waals surface area contributed by atoms with Crippen LogP contribution in [0.5, 0.6) is 0 Å². The van der Waals surface area contributed by atoms with Crippen molar-refractivity contribution in [2.75, 3.05) is 6.61 Å². The van der Waals surface area contributed by atoms with Gasteiger partial charge in [0.05, 0.1) is 18.4 Å². The number of hydrogen-bond donors (Lipinski definition) is 1. The van der Waals surface area contributed by atoms with Gasteiger partial charge in [0, 0.05) is 6.42 Å². The molecule has 5 heteroatoms. The first-order valence-corrected chi connectivity index (χ1v) is 12.4. The van der Waals surface area contributed by atoms with Gasteiger partial charge in [-0.15, -0.1) is 0 Å². The van der Waals surface area contributed by atoms with E-state index in [0.29, 0.717) is 23.7 Å². The molecule has 3 fully saturated rings. The molecule has 0 aromatic heterocycles. The first-order valence-electron chi connectivity index (χ1n) is 12.4. The van der Waals surface area contributed by atoms with Crippen LogP contribution in [0.1, 0.15) is 113 Å². The third-order valence-electron chi connectivity index (χ3n) is 7.19. The molecular formula is C27H52O5. The fourth-order valence-electron chi connectivity index (χ4n) is 5.80. The number of carboxylic acids is 1. The Labute approximate surface area is 198 Å². The third kappa shape index (κ3) is 9.41. The zero-order valence-corrected chi connectivity index (χ0v) is 19.6. The van der Waals surface area contributed by atoms with Crippen LogP contribution in [0.25, 0.3) is 0 Å². The molecule has 0 radical (unpaired) electrons. The van der Waals surface area contributed by atoms with E-state index in [2.05, 4.69) is 27.7 Å². The highest BCUT2D eigenvalue weighted by Gasteiger charge is 2.38. The summed E-state index contributed by atoms with van der Waals surface area (Å²) in [5, 5.41) is 8.93. The molecule has 5 nitrogen and oxygen atoms in total. The van der Waals surface area contributed by atoms with E-state index in [4.69, 9.17) is 14.6 Å². The van der Waals surface area contributed by atoms with Crippen LogP contribution in [-0.4, -0.2) is 29.9 Å². The highest BCUT2D eigenvalue weighted by Crippen LogP contribution is 2.40. The van der Waals surface area contributed by atoms with Crippen LogP contribution in [0.3, 0.4) is 0 Å². The van der Waals surface area contributed by atoms with E-state index in [1.54, 1.807) is 0 Å². The highest BCUT2D eigenvalue weighted by atomic mass is 16.7. The minimum Gasteiger partial charge on any atom is -0.481 e. The summed E-state index contributed by atoms with van der Waals surface area (Å²) in [4.78, 5) is 23.1. The summed E-state index contributed by atoms with van der Waals surface area (Å²) in [5.41, 5.74) is 0. The van der Waals surface area contributed by atoms with Crippen molar-refractivity contribution >= 4 is 11.9 Å². The number of aliphatic carboxylic acids is 1. The van der Waals surface area contributed by atoms with Gasteiger partial charge in [-0.3, -0.25) is 9.59 Å². The number of carboxylic acid groups (broad SMARTS) is 1. The van der Waals surface area contributed by atoms with Crippen molar-refractivity contribution in [2.45, 2.75) is 119 Å². The first kappa shape index (κ1) is 30.9. The lowest BCUT2D eigenvalue weighted by molar-refractivity contribution is -0.192. The summed E-state index contributed by atoms with van der Waals surface area (Å²) in [5.74, 6) is 1.71. The largest absolute Gasteiger partial charge is 0.481 e. The van der Waals surface area contributed by atoms with Crippen LogP contribution in [-0.2, 0) is 19.1 Å². The van der Waals surface area contributed by atoms with Crippen molar-refractivity contribution in [2.24, 2.45) is 35.5 Å². The van der Waals surface area contributed by atoms with Gasteiger partial charge in [0.15, 0.2) is 0 Å². The van der Waals surface area contributed by atoms with Crippen molar-refractivity contribution in [3.63, 3.8) is 0 Å². The fourth-order valence-corrected chi connectivity index (χ4v) is 5.80. The number of esters is 1. The van der Waals surface area contributed by atoms with Crippen LogP contribution in [0, 0.1) is 35.5 Å². The van der Waals surface area contributed by atoms with Gasteiger partial charge < -0.3 is 14.6 Å². The Balaban J connectivity index is 0.000000607. The Bertz CT molecular complexity index is 528. The van der Waals surface area contributed by atoms with Gasteiger partial charge in [0.1, 0.15) is 0 Å². The van der Waals surface area contributed by atoms with Crippen LogP contribution < -0.4 is 0 Å². The van der Waals surface area contributed by atoms with Crippen LogP contribution in [0.2, 0.25) is 0 Å². The van der Waals surface area contributed by atoms with Crippen molar-refractivity contribution in [3.05, 3.63) is 0 Å². The number of hydrogen-bond acceptors (Lipinski definition) is 4. The molecule has 190 valence electrons. The van der Waals surface area contributed by atoms with E-state index in [0.717, 1.165) is 70.8 Å². The standard InChI is InChI=1S/C15H26O3.C10H18O2.2CH4/c1-3-6-12-9-11(2)10-13(12)15(16)18-14-7-4-5-8-17-14;1-3-4-8-5-7(2)6-9(8)10(11)12;;/h11-14H,3-10H2,1-2H3;7-9H,3-6H2,1-2H3,(H,11,12);2*1H4. The molecule has 3 aliphatic rings. The second-order valence-corrected chi connectivity index (χ2v) is 10.0. The molecule has 0 aromatic rings. The molecule has 2 aliphatic carbocycles. The van der Waals surface area contributed by atoms with E-state index in [9.17, 15) is 9.59 Å². The SMILES string of the molecule is C.C.CCCC1CC(C)CC1C(=O)O.CCCC1CC(C)CC1C(=O)OC1CCCCO1. The molecule has 32 heavy (non-hydrogen) atoms. The molecule has 3 rings (SSSR count). The molecule has 7 atom stereocenters. The van der Waals surface area contributed by atoms with Crippen LogP contribution >= 0.6 is 0 Å².